The molecule has 0 bridgehead atoms. The van der Waals surface area contributed by atoms with Crippen LogP contribution in [0, 0.1) is 0 Å². The second-order valence-electron chi connectivity index (χ2n) is 6.10. The van der Waals surface area contributed by atoms with Crippen LogP contribution in [0.2, 0.25) is 5.02 Å². The lowest BCUT2D eigenvalue weighted by Crippen LogP contribution is -2.42. The molecule has 1 aromatic carbocycles. The third-order valence-electron chi connectivity index (χ3n) is 4.42. The zero-order valence-corrected chi connectivity index (χ0v) is 15.7. The van der Waals surface area contributed by atoms with Gasteiger partial charge in [-0.25, -0.2) is 8.42 Å². The SMILES string of the molecule is CCc1nnc([C@@H]2CN(S(=O)(=O)c3cc(Cl)cc4c3OCC4)CCO2)o1. The van der Waals surface area contributed by atoms with Gasteiger partial charge in [0.2, 0.25) is 21.8 Å². The lowest BCUT2D eigenvalue weighted by atomic mass is 10.2. The van der Waals surface area contributed by atoms with Crippen LogP contribution in [0.15, 0.2) is 21.4 Å². The summed E-state index contributed by atoms with van der Waals surface area (Å²) in [7, 11) is -3.80. The van der Waals surface area contributed by atoms with Crippen molar-refractivity contribution < 1.29 is 22.3 Å². The van der Waals surface area contributed by atoms with Gasteiger partial charge in [0.15, 0.2) is 0 Å². The van der Waals surface area contributed by atoms with Gasteiger partial charge in [-0.2, -0.15) is 4.31 Å². The molecule has 0 radical (unpaired) electrons. The zero-order valence-electron chi connectivity index (χ0n) is 14.1. The van der Waals surface area contributed by atoms with E-state index < -0.39 is 16.1 Å². The molecule has 0 saturated carbocycles. The van der Waals surface area contributed by atoms with E-state index in [-0.39, 0.29) is 30.5 Å². The summed E-state index contributed by atoms with van der Waals surface area (Å²) in [6, 6.07) is 3.18. The Kier molecular flexibility index (Phi) is 4.64. The first-order valence-corrected chi connectivity index (χ1v) is 10.2. The Balaban J connectivity index is 1.64. The van der Waals surface area contributed by atoms with Crippen molar-refractivity contribution in [1.82, 2.24) is 14.5 Å². The molecule has 0 aliphatic carbocycles. The molecule has 1 saturated heterocycles. The molecule has 1 aromatic heterocycles. The molecule has 10 heteroatoms. The fourth-order valence-corrected chi connectivity index (χ4v) is 5.03. The number of nitrogens with zero attached hydrogens (tertiary/aromatic N) is 3. The van der Waals surface area contributed by atoms with Crippen LogP contribution in [-0.2, 0) is 27.6 Å². The Morgan fingerprint density at radius 3 is 2.92 bits per heavy atom. The van der Waals surface area contributed by atoms with Crippen LogP contribution in [0.4, 0.5) is 0 Å². The van der Waals surface area contributed by atoms with Crippen LogP contribution < -0.4 is 4.74 Å². The number of aryl methyl sites for hydroxylation is 1. The summed E-state index contributed by atoms with van der Waals surface area (Å²) in [5.74, 6) is 1.17. The van der Waals surface area contributed by atoms with E-state index in [1.54, 1.807) is 6.07 Å². The minimum absolute atomic E-state index is 0.0922. The highest BCUT2D eigenvalue weighted by Crippen LogP contribution is 2.38. The number of aromatic nitrogens is 2. The van der Waals surface area contributed by atoms with Gasteiger partial charge in [0.25, 0.3) is 0 Å². The summed E-state index contributed by atoms with van der Waals surface area (Å²) in [6.07, 6.45) is 0.652. The second-order valence-corrected chi connectivity index (χ2v) is 8.44. The molecule has 4 rings (SSSR count). The summed E-state index contributed by atoms with van der Waals surface area (Å²) in [6.45, 7) is 2.91. The van der Waals surface area contributed by atoms with Crippen molar-refractivity contribution in [2.45, 2.75) is 30.8 Å². The Labute approximate surface area is 156 Å². The number of hydrogen-bond donors (Lipinski definition) is 0. The molecular formula is C16H18ClN3O5S. The topological polar surface area (TPSA) is 94.8 Å². The minimum Gasteiger partial charge on any atom is -0.492 e. The second kappa shape index (κ2) is 6.80. The average molecular weight is 400 g/mol. The Morgan fingerprint density at radius 1 is 1.31 bits per heavy atom. The number of fused-ring (bicyclic) bond motifs is 1. The van der Waals surface area contributed by atoms with Gasteiger partial charge in [-0.1, -0.05) is 18.5 Å². The van der Waals surface area contributed by atoms with Gasteiger partial charge in [0.1, 0.15) is 16.7 Å². The van der Waals surface area contributed by atoms with Crippen molar-refractivity contribution in [3.8, 4) is 5.75 Å². The summed E-state index contributed by atoms with van der Waals surface area (Å²) >= 11 is 6.12. The molecule has 0 spiro atoms. The highest BCUT2D eigenvalue weighted by atomic mass is 35.5. The minimum atomic E-state index is -3.80. The number of ether oxygens (including phenoxy) is 2. The Bertz CT molecular complexity index is 930. The van der Waals surface area contributed by atoms with E-state index in [0.29, 0.717) is 36.1 Å². The monoisotopic (exact) mass is 399 g/mol. The predicted octanol–water partition coefficient (Wildman–Crippen LogP) is 1.98. The molecule has 1 fully saturated rings. The normalized spacial score (nSPS) is 20.8. The number of morpholine rings is 1. The highest BCUT2D eigenvalue weighted by molar-refractivity contribution is 7.89. The van der Waals surface area contributed by atoms with E-state index in [0.717, 1.165) is 5.56 Å². The van der Waals surface area contributed by atoms with Crippen LogP contribution in [0.1, 0.15) is 30.4 Å². The van der Waals surface area contributed by atoms with Gasteiger partial charge in [0, 0.05) is 36.5 Å². The average Bonchev–Trinajstić information content (AvgIpc) is 3.30. The van der Waals surface area contributed by atoms with Crippen molar-refractivity contribution in [3.05, 3.63) is 34.5 Å². The summed E-state index contributed by atoms with van der Waals surface area (Å²) < 4.78 is 44.5. The third kappa shape index (κ3) is 3.09. The summed E-state index contributed by atoms with van der Waals surface area (Å²) in [5.41, 5.74) is 0.811. The highest BCUT2D eigenvalue weighted by Gasteiger charge is 2.37. The van der Waals surface area contributed by atoms with Crippen LogP contribution in [0.5, 0.6) is 5.75 Å². The maximum Gasteiger partial charge on any atom is 0.247 e. The van der Waals surface area contributed by atoms with Gasteiger partial charge < -0.3 is 13.9 Å². The van der Waals surface area contributed by atoms with Crippen LogP contribution >= 0.6 is 11.6 Å². The molecule has 3 heterocycles. The zero-order chi connectivity index (χ0) is 18.3. The molecule has 140 valence electrons. The standard InChI is InChI=1S/C16H18ClN3O5S/c1-2-14-18-19-16(25-14)12-9-20(4-6-23-12)26(21,22)13-8-11(17)7-10-3-5-24-15(10)13/h7-8,12H,2-6,9H2,1H3/t12-/m0/s1. The maximum absolute atomic E-state index is 13.2. The number of rotatable bonds is 4. The predicted molar refractivity (Wildman–Crippen MR) is 91.8 cm³/mol. The lowest BCUT2D eigenvalue weighted by molar-refractivity contribution is -0.0178. The van der Waals surface area contributed by atoms with Crippen molar-refractivity contribution in [2.24, 2.45) is 0 Å². The van der Waals surface area contributed by atoms with Gasteiger partial charge in [-0.05, 0) is 12.1 Å². The van der Waals surface area contributed by atoms with E-state index >= 15 is 0 Å². The van der Waals surface area contributed by atoms with E-state index in [9.17, 15) is 8.42 Å². The van der Waals surface area contributed by atoms with Gasteiger partial charge in [-0.3, -0.25) is 0 Å². The van der Waals surface area contributed by atoms with E-state index in [2.05, 4.69) is 10.2 Å². The molecule has 1 atom stereocenters. The largest absolute Gasteiger partial charge is 0.492 e. The number of halogens is 1. The molecular weight excluding hydrogens is 382 g/mol. The van der Waals surface area contributed by atoms with Crippen molar-refractivity contribution in [3.63, 3.8) is 0 Å². The Hall–Kier alpha value is -1.68. The molecule has 2 aromatic rings. The summed E-state index contributed by atoms with van der Waals surface area (Å²) in [5, 5.41) is 8.25. The number of sulfonamides is 1. The van der Waals surface area contributed by atoms with Crippen LogP contribution in [0.3, 0.4) is 0 Å². The quantitative estimate of drug-likeness (QED) is 0.775. The lowest BCUT2D eigenvalue weighted by Gasteiger charge is -2.30. The summed E-state index contributed by atoms with van der Waals surface area (Å²) in [4.78, 5) is 0.0953. The first kappa shape index (κ1) is 17.7. The van der Waals surface area contributed by atoms with E-state index in [4.69, 9.17) is 25.5 Å². The Morgan fingerprint density at radius 2 is 2.15 bits per heavy atom. The molecule has 0 unspecified atom stereocenters. The first-order chi connectivity index (χ1) is 12.5. The van der Waals surface area contributed by atoms with Crippen molar-refractivity contribution in [2.75, 3.05) is 26.3 Å². The van der Waals surface area contributed by atoms with Crippen molar-refractivity contribution in [1.29, 1.82) is 0 Å². The third-order valence-corrected chi connectivity index (χ3v) is 6.51. The molecule has 0 N–H and O–H groups in total. The first-order valence-electron chi connectivity index (χ1n) is 8.38. The molecule has 2 aliphatic rings. The maximum atomic E-state index is 13.2. The van der Waals surface area contributed by atoms with E-state index in [1.807, 2.05) is 6.92 Å². The van der Waals surface area contributed by atoms with Crippen molar-refractivity contribution >= 4 is 21.6 Å². The molecule has 26 heavy (non-hydrogen) atoms. The van der Waals surface area contributed by atoms with Gasteiger partial charge >= 0.3 is 0 Å². The van der Waals surface area contributed by atoms with E-state index in [1.165, 1.54) is 10.4 Å². The van der Waals surface area contributed by atoms with Crippen LogP contribution in [-0.4, -0.2) is 49.2 Å². The smallest absolute Gasteiger partial charge is 0.247 e. The fraction of sp³-hybridized carbons (Fsp3) is 0.500. The molecule has 0 amide bonds. The molecule has 2 aliphatic heterocycles. The van der Waals surface area contributed by atoms with Gasteiger partial charge in [0.05, 0.1) is 13.2 Å². The number of benzene rings is 1. The van der Waals surface area contributed by atoms with Gasteiger partial charge in [-0.15, -0.1) is 10.2 Å². The molecule has 8 nitrogen and oxygen atoms in total. The fourth-order valence-electron chi connectivity index (χ4n) is 3.10. The van der Waals surface area contributed by atoms with Crippen LogP contribution in [0.25, 0.3) is 0 Å². The number of hydrogen-bond acceptors (Lipinski definition) is 7.